The van der Waals surface area contributed by atoms with E-state index in [1.807, 2.05) is 25.1 Å². The first-order valence-corrected chi connectivity index (χ1v) is 6.86. The number of aryl methyl sites for hydroxylation is 1. The molecule has 0 unspecified atom stereocenters. The van der Waals surface area contributed by atoms with Crippen molar-refractivity contribution in [3.8, 4) is 5.75 Å². The van der Waals surface area contributed by atoms with Crippen LogP contribution in [0.3, 0.4) is 0 Å². The number of ether oxygens (including phenoxy) is 1. The van der Waals surface area contributed by atoms with Crippen LogP contribution in [0, 0.1) is 6.92 Å². The molecule has 4 nitrogen and oxygen atoms in total. The predicted octanol–water partition coefficient (Wildman–Crippen LogP) is 2.73. The zero-order valence-electron chi connectivity index (χ0n) is 11.5. The number of hydrogen-bond acceptors (Lipinski definition) is 3. The number of nitrogens with zero attached hydrogens (tertiary/aromatic N) is 1. The van der Waals surface area contributed by atoms with Gasteiger partial charge in [-0.2, -0.15) is 5.10 Å². The maximum absolute atomic E-state index is 5.77. The van der Waals surface area contributed by atoms with Crippen molar-refractivity contribution < 1.29 is 4.74 Å². The molecule has 0 aliphatic rings. The van der Waals surface area contributed by atoms with Crippen LogP contribution in [0.25, 0.3) is 0 Å². The van der Waals surface area contributed by atoms with Gasteiger partial charge in [-0.1, -0.05) is 31.9 Å². The monoisotopic (exact) mass is 279 g/mol. The number of rotatable bonds is 7. The summed E-state index contributed by atoms with van der Waals surface area (Å²) >= 11 is 4.67. The van der Waals surface area contributed by atoms with E-state index in [0.29, 0.717) is 0 Å². The van der Waals surface area contributed by atoms with Crippen molar-refractivity contribution in [2.45, 2.75) is 33.1 Å². The van der Waals surface area contributed by atoms with E-state index < -0.39 is 0 Å². The highest BCUT2D eigenvalue weighted by Crippen LogP contribution is 2.19. The molecular weight excluding hydrogens is 258 g/mol. The Bertz CT molecular complexity index is 446. The lowest BCUT2D eigenvalue weighted by atomic mass is 10.1. The van der Waals surface area contributed by atoms with Gasteiger partial charge in [0.15, 0.2) is 5.11 Å². The van der Waals surface area contributed by atoms with E-state index in [1.54, 1.807) is 6.21 Å². The van der Waals surface area contributed by atoms with Crippen molar-refractivity contribution in [1.82, 2.24) is 5.43 Å². The summed E-state index contributed by atoms with van der Waals surface area (Å²) in [5.74, 6) is 0.898. The Morgan fingerprint density at radius 3 is 2.95 bits per heavy atom. The van der Waals surface area contributed by atoms with Crippen LogP contribution in [0.2, 0.25) is 0 Å². The van der Waals surface area contributed by atoms with Crippen molar-refractivity contribution in [2.75, 3.05) is 6.61 Å². The molecule has 0 aliphatic heterocycles. The van der Waals surface area contributed by atoms with Crippen LogP contribution in [0.5, 0.6) is 5.75 Å². The molecule has 0 radical (unpaired) electrons. The lowest BCUT2D eigenvalue weighted by Crippen LogP contribution is -2.23. The van der Waals surface area contributed by atoms with E-state index in [1.165, 1.54) is 12.8 Å². The molecule has 0 heterocycles. The minimum Gasteiger partial charge on any atom is -0.493 e. The zero-order chi connectivity index (χ0) is 14.1. The van der Waals surface area contributed by atoms with Gasteiger partial charge in [-0.05, 0) is 42.8 Å². The molecule has 0 bridgehead atoms. The van der Waals surface area contributed by atoms with E-state index in [2.05, 4.69) is 29.7 Å². The van der Waals surface area contributed by atoms with Crippen molar-refractivity contribution in [3.05, 3.63) is 29.3 Å². The molecule has 19 heavy (non-hydrogen) atoms. The van der Waals surface area contributed by atoms with Crippen LogP contribution in [0.4, 0.5) is 0 Å². The van der Waals surface area contributed by atoms with E-state index in [9.17, 15) is 0 Å². The van der Waals surface area contributed by atoms with Gasteiger partial charge in [0.1, 0.15) is 5.75 Å². The average molecular weight is 279 g/mol. The fourth-order valence-corrected chi connectivity index (χ4v) is 1.61. The summed E-state index contributed by atoms with van der Waals surface area (Å²) in [6, 6.07) is 5.95. The molecule has 1 aromatic carbocycles. The van der Waals surface area contributed by atoms with Crippen LogP contribution in [-0.2, 0) is 0 Å². The van der Waals surface area contributed by atoms with Gasteiger partial charge in [-0.15, -0.1) is 0 Å². The first kappa shape index (κ1) is 15.4. The number of nitrogens with two attached hydrogens (primary N) is 1. The topological polar surface area (TPSA) is 59.6 Å². The third kappa shape index (κ3) is 6.20. The Hall–Kier alpha value is -1.62. The standard InChI is InChI=1S/C14H21N3OS/c1-3-4-5-8-18-13-9-12(7-6-11(13)2)10-16-17-14(15)19/h6-7,9-10H,3-5,8H2,1-2H3,(H3,15,17,19). The molecule has 1 rings (SSSR count). The molecule has 3 N–H and O–H groups in total. The Labute approximate surface area is 120 Å². The molecule has 0 aliphatic carbocycles. The zero-order valence-corrected chi connectivity index (χ0v) is 12.3. The number of unbranched alkanes of at least 4 members (excludes halogenated alkanes) is 2. The molecule has 104 valence electrons. The molecule has 0 amide bonds. The molecule has 5 heteroatoms. The molecule has 0 aromatic heterocycles. The fourth-order valence-electron chi connectivity index (χ4n) is 1.56. The Balaban J connectivity index is 2.60. The maximum atomic E-state index is 5.77. The van der Waals surface area contributed by atoms with Crippen molar-refractivity contribution in [1.29, 1.82) is 0 Å². The van der Waals surface area contributed by atoms with Crippen molar-refractivity contribution >= 4 is 23.5 Å². The Morgan fingerprint density at radius 2 is 2.26 bits per heavy atom. The van der Waals surface area contributed by atoms with Crippen LogP contribution in [0.15, 0.2) is 23.3 Å². The SMILES string of the molecule is CCCCCOc1cc(C=NNC(N)=S)ccc1C. The van der Waals surface area contributed by atoms with Gasteiger partial charge >= 0.3 is 0 Å². The second kappa shape index (κ2) is 8.48. The summed E-state index contributed by atoms with van der Waals surface area (Å²) in [5.41, 5.74) is 9.88. The van der Waals surface area contributed by atoms with Gasteiger partial charge in [0, 0.05) is 0 Å². The third-order valence-electron chi connectivity index (χ3n) is 2.61. The normalized spacial score (nSPS) is 10.6. The second-order valence-corrected chi connectivity index (χ2v) is 4.75. The van der Waals surface area contributed by atoms with Gasteiger partial charge in [0.2, 0.25) is 0 Å². The molecule has 0 atom stereocenters. The summed E-state index contributed by atoms with van der Waals surface area (Å²) in [4.78, 5) is 0. The molecule has 1 aromatic rings. The van der Waals surface area contributed by atoms with Crippen LogP contribution < -0.4 is 15.9 Å². The van der Waals surface area contributed by atoms with Gasteiger partial charge in [0.25, 0.3) is 0 Å². The number of benzene rings is 1. The van der Waals surface area contributed by atoms with Crippen LogP contribution >= 0.6 is 12.2 Å². The highest BCUT2D eigenvalue weighted by Gasteiger charge is 2.00. The number of hydrogen-bond donors (Lipinski definition) is 2. The summed E-state index contributed by atoms with van der Waals surface area (Å²) in [7, 11) is 0. The largest absolute Gasteiger partial charge is 0.493 e. The van der Waals surface area contributed by atoms with Crippen molar-refractivity contribution in [2.24, 2.45) is 10.8 Å². The summed E-state index contributed by atoms with van der Waals surface area (Å²) < 4.78 is 5.77. The van der Waals surface area contributed by atoms with E-state index >= 15 is 0 Å². The highest BCUT2D eigenvalue weighted by atomic mass is 32.1. The summed E-state index contributed by atoms with van der Waals surface area (Å²) in [6.45, 7) is 4.96. The Kier molecular flexibility index (Phi) is 6.89. The van der Waals surface area contributed by atoms with E-state index in [0.717, 1.165) is 29.9 Å². The second-order valence-electron chi connectivity index (χ2n) is 4.31. The highest BCUT2D eigenvalue weighted by molar-refractivity contribution is 7.80. The van der Waals surface area contributed by atoms with Gasteiger partial charge in [-0.25, -0.2) is 0 Å². The first-order chi connectivity index (χ1) is 9.13. The van der Waals surface area contributed by atoms with Crippen LogP contribution in [-0.4, -0.2) is 17.9 Å². The van der Waals surface area contributed by atoms with E-state index in [4.69, 9.17) is 10.5 Å². The quantitative estimate of drug-likeness (QED) is 0.349. The maximum Gasteiger partial charge on any atom is 0.184 e. The molecular formula is C14H21N3OS. The fraction of sp³-hybridized carbons (Fsp3) is 0.429. The minimum atomic E-state index is 0.152. The average Bonchev–Trinajstić information content (AvgIpc) is 2.37. The third-order valence-corrected chi connectivity index (χ3v) is 2.70. The smallest absolute Gasteiger partial charge is 0.184 e. The number of thiocarbonyl (C=S) groups is 1. The lowest BCUT2D eigenvalue weighted by molar-refractivity contribution is 0.304. The van der Waals surface area contributed by atoms with Gasteiger partial charge in [-0.3, -0.25) is 5.43 Å². The van der Waals surface area contributed by atoms with Gasteiger partial charge in [0.05, 0.1) is 12.8 Å². The van der Waals surface area contributed by atoms with Gasteiger partial charge < -0.3 is 10.5 Å². The summed E-state index contributed by atoms with van der Waals surface area (Å²) in [6.07, 6.45) is 5.13. The Morgan fingerprint density at radius 1 is 1.47 bits per heavy atom. The predicted molar refractivity (Wildman–Crippen MR) is 83.7 cm³/mol. The van der Waals surface area contributed by atoms with Crippen LogP contribution in [0.1, 0.15) is 37.3 Å². The molecule has 0 spiro atoms. The lowest BCUT2D eigenvalue weighted by Gasteiger charge is -2.09. The van der Waals surface area contributed by atoms with E-state index in [-0.39, 0.29) is 5.11 Å². The van der Waals surface area contributed by atoms with Crippen molar-refractivity contribution in [3.63, 3.8) is 0 Å². The minimum absolute atomic E-state index is 0.152. The molecule has 0 saturated carbocycles. The summed E-state index contributed by atoms with van der Waals surface area (Å²) in [5, 5.41) is 4.08. The first-order valence-electron chi connectivity index (χ1n) is 6.45. The number of hydrazone groups is 1. The molecule has 0 saturated heterocycles. The number of nitrogens with one attached hydrogen (secondary N) is 1. The molecule has 0 fully saturated rings.